The second-order valence-corrected chi connectivity index (χ2v) is 6.96. The third-order valence-corrected chi connectivity index (χ3v) is 4.87. The van der Waals surface area contributed by atoms with Gasteiger partial charge in [-0.05, 0) is 24.1 Å². The lowest BCUT2D eigenvalue weighted by atomic mass is 10.1. The summed E-state index contributed by atoms with van der Waals surface area (Å²) in [5.74, 6) is 0.533. The van der Waals surface area contributed by atoms with Crippen molar-refractivity contribution in [3.63, 3.8) is 0 Å². The van der Waals surface area contributed by atoms with Crippen LogP contribution in [0.25, 0.3) is 5.69 Å². The predicted molar refractivity (Wildman–Crippen MR) is 108 cm³/mol. The minimum Gasteiger partial charge on any atom is -0.339 e. The van der Waals surface area contributed by atoms with Gasteiger partial charge in [0.2, 0.25) is 5.82 Å². The number of carbonyl (C=O) groups excluding carboxylic acids is 1. The summed E-state index contributed by atoms with van der Waals surface area (Å²) in [7, 11) is 1.75. The molecular weight excluding hydrogens is 383 g/mol. The third kappa shape index (κ3) is 4.31. The van der Waals surface area contributed by atoms with Gasteiger partial charge in [0.15, 0.2) is 0 Å². The molecule has 0 atom stereocenters. The minimum atomic E-state index is -0.234. The molecule has 2 aromatic carbocycles. The van der Waals surface area contributed by atoms with E-state index in [4.69, 9.17) is 23.2 Å². The van der Waals surface area contributed by atoms with Gasteiger partial charge in [0, 0.05) is 20.0 Å². The van der Waals surface area contributed by atoms with Crippen LogP contribution in [-0.4, -0.2) is 39.2 Å². The highest BCUT2D eigenvalue weighted by Crippen LogP contribution is 2.28. The molecule has 0 bridgehead atoms. The van der Waals surface area contributed by atoms with E-state index < -0.39 is 0 Å². The molecule has 0 saturated carbocycles. The maximum Gasteiger partial charge on any atom is 0.293 e. The quantitative estimate of drug-likeness (QED) is 0.611. The number of halogens is 2. The standard InChI is InChI=1S/C20H20Cl2N4O/c1-3-17-23-19(24-26(17)18-15(21)10-7-11-16(18)22)20(27)25(2)13-12-14-8-5-4-6-9-14/h4-11H,3,12-13H2,1-2H3. The van der Waals surface area contributed by atoms with Gasteiger partial charge in [-0.25, -0.2) is 9.67 Å². The maximum absolute atomic E-state index is 12.8. The molecule has 0 aliphatic rings. The lowest BCUT2D eigenvalue weighted by molar-refractivity contribution is 0.0784. The third-order valence-electron chi connectivity index (χ3n) is 4.26. The van der Waals surface area contributed by atoms with Crippen LogP contribution < -0.4 is 0 Å². The Kier molecular flexibility index (Phi) is 6.14. The first-order chi connectivity index (χ1) is 13.0. The Morgan fingerprint density at radius 2 is 1.74 bits per heavy atom. The van der Waals surface area contributed by atoms with E-state index in [1.807, 2.05) is 37.3 Å². The minimum absolute atomic E-state index is 0.137. The SMILES string of the molecule is CCc1nc(C(=O)N(C)CCc2ccccc2)nn1-c1c(Cl)cccc1Cl. The maximum atomic E-state index is 12.8. The number of aryl methyl sites for hydroxylation is 1. The van der Waals surface area contributed by atoms with Gasteiger partial charge < -0.3 is 4.90 Å². The van der Waals surface area contributed by atoms with Gasteiger partial charge in [-0.3, -0.25) is 4.79 Å². The molecule has 1 amide bonds. The molecule has 7 heteroatoms. The number of likely N-dealkylation sites (N-methyl/N-ethyl adjacent to an activating group) is 1. The Labute approximate surface area is 168 Å². The van der Waals surface area contributed by atoms with E-state index in [0.717, 1.165) is 6.42 Å². The van der Waals surface area contributed by atoms with Crippen molar-refractivity contribution >= 4 is 29.1 Å². The molecule has 0 radical (unpaired) electrons. The number of nitrogens with zero attached hydrogens (tertiary/aromatic N) is 4. The van der Waals surface area contributed by atoms with Gasteiger partial charge in [0.25, 0.3) is 5.91 Å². The fourth-order valence-corrected chi connectivity index (χ4v) is 3.31. The fraction of sp³-hybridized carbons (Fsp3) is 0.250. The first-order valence-corrected chi connectivity index (χ1v) is 9.46. The summed E-state index contributed by atoms with van der Waals surface area (Å²) in [6.07, 6.45) is 1.36. The summed E-state index contributed by atoms with van der Waals surface area (Å²) < 4.78 is 1.56. The first-order valence-electron chi connectivity index (χ1n) is 8.71. The van der Waals surface area contributed by atoms with Crippen molar-refractivity contribution in [1.82, 2.24) is 19.7 Å². The molecule has 140 valence electrons. The summed E-state index contributed by atoms with van der Waals surface area (Å²) in [6.45, 7) is 2.52. The first kappa shape index (κ1) is 19.4. The molecule has 1 aromatic heterocycles. The Morgan fingerprint density at radius 3 is 2.37 bits per heavy atom. The number of hydrogen-bond donors (Lipinski definition) is 0. The molecule has 1 heterocycles. The average Bonchev–Trinajstić information content (AvgIpc) is 3.10. The highest BCUT2D eigenvalue weighted by molar-refractivity contribution is 6.37. The van der Waals surface area contributed by atoms with E-state index in [9.17, 15) is 4.79 Å². The summed E-state index contributed by atoms with van der Waals surface area (Å²) in [5, 5.41) is 5.31. The van der Waals surface area contributed by atoms with Crippen LogP contribution in [0.1, 0.15) is 28.9 Å². The van der Waals surface area contributed by atoms with Crippen LogP contribution in [0.5, 0.6) is 0 Å². The topological polar surface area (TPSA) is 51.0 Å². The van der Waals surface area contributed by atoms with Crippen molar-refractivity contribution < 1.29 is 4.79 Å². The molecule has 5 nitrogen and oxygen atoms in total. The number of aromatic nitrogens is 3. The fourth-order valence-electron chi connectivity index (χ4n) is 2.75. The smallest absolute Gasteiger partial charge is 0.293 e. The Bertz CT molecular complexity index is 920. The van der Waals surface area contributed by atoms with E-state index in [-0.39, 0.29) is 11.7 Å². The van der Waals surface area contributed by atoms with Crippen molar-refractivity contribution in [2.45, 2.75) is 19.8 Å². The van der Waals surface area contributed by atoms with Crippen LogP contribution in [-0.2, 0) is 12.8 Å². The van der Waals surface area contributed by atoms with Crippen LogP contribution >= 0.6 is 23.2 Å². The normalized spacial score (nSPS) is 10.8. The molecule has 0 spiro atoms. The van der Waals surface area contributed by atoms with E-state index >= 15 is 0 Å². The molecule has 0 aliphatic heterocycles. The molecule has 3 rings (SSSR count). The molecule has 0 aliphatic carbocycles. The molecule has 0 unspecified atom stereocenters. The zero-order valence-electron chi connectivity index (χ0n) is 15.2. The number of rotatable bonds is 6. The van der Waals surface area contributed by atoms with Gasteiger partial charge in [-0.2, -0.15) is 0 Å². The van der Waals surface area contributed by atoms with Gasteiger partial charge in [-0.1, -0.05) is 66.5 Å². The average molecular weight is 403 g/mol. The van der Waals surface area contributed by atoms with Gasteiger partial charge in [0.05, 0.1) is 10.0 Å². The van der Waals surface area contributed by atoms with Crippen molar-refractivity contribution in [3.05, 3.63) is 75.8 Å². The van der Waals surface area contributed by atoms with Crippen LogP contribution in [0.4, 0.5) is 0 Å². The summed E-state index contributed by atoms with van der Waals surface area (Å²) >= 11 is 12.6. The van der Waals surface area contributed by atoms with Crippen LogP contribution in [0.2, 0.25) is 10.0 Å². The Hall–Kier alpha value is -2.37. The predicted octanol–water partition coefficient (Wildman–Crippen LogP) is 4.45. The largest absolute Gasteiger partial charge is 0.339 e. The number of benzene rings is 2. The highest BCUT2D eigenvalue weighted by atomic mass is 35.5. The van der Waals surface area contributed by atoms with E-state index in [1.54, 1.807) is 34.8 Å². The van der Waals surface area contributed by atoms with Gasteiger partial charge in [-0.15, -0.1) is 5.10 Å². The molecule has 27 heavy (non-hydrogen) atoms. The molecule has 0 saturated heterocycles. The van der Waals surface area contributed by atoms with Crippen molar-refractivity contribution in [2.24, 2.45) is 0 Å². The van der Waals surface area contributed by atoms with Crippen LogP contribution in [0.15, 0.2) is 48.5 Å². The van der Waals surface area contributed by atoms with Crippen LogP contribution in [0, 0.1) is 0 Å². The van der Waals surface area contributed by atoms with Gasteiger partial charge >= 0.3 is 0 Å². The monoisotopic (exact) mass is 402 g/mol. The van der Waals surface area contributed by atoms with E-state index in [1.165, 1.54) is 5.56 Å². The van der Waals surface area contributed by atoms with Crippen molar-refractivity contribution in [3.8, 4) is 5.69 Å². The van der Waals surface area contributed by atoms with Gasteiger partial charge in [0.1, 0.15) is 11.5 Å². The highest BCUT2D eigenvalue weighted by Gasteiger charge is 2.22. The number of para-hydroxylation sites is 1. The second-order valence-electron chi connectivity index (χ2n) is 6.15. The Balaban J connectivity index is 1.82. The Morgan fingerprint density at radius 1 is 1.07 bits per heavy atom. The molecular formula is C20H20Cl2N4O. The summed E-state index contributed by atoms with van der Waals surface area (Å²) in [4.78, 5) is 18.8. The van der Waals surface area contributed by atoms with Crippen LogP contribution in [0.3, 0.4) is 0 Å². The summed E-state index contributed by atoms with van der Waals surface area (Å²) in [5.41, 5.74) is 1.71. The van der Waals surface area contributed by atoms with Crippen molar-refractivity contribution in [1.29, 1.82) is 0 Å². The van der Waals surface area contributed by atoms with E-state index in [2.05, 4.69) is 10.1 Å². The zero-order chi connectivity index (χ0) is 19.4. The number of hydrogen-bond acceptors (Lipinski definition) is 3. The lowest BCUT2D eigenvalue weighted by Crippen LogP contribution is -2.29. The van der Waals surface area contributed by atoms with E-state index in [0.29, 0.717) is 34.5 Å². The van der Waals surface area contributed by atoms with Crippen molar-refractivity contribution in [2.75, 3.05) is 13.6 Å². The summed E-state index contributed by atoms with van der Waals surface area (Å²) in [6, 6.07) is 15.3. The molecule has 0 N–H and O–H groups in total. The second kappa shape index (κ2) is 8.55. The molecule has 0 fully saturated rings. The number of amides is 1. The number of carbonyl (C=O) groups is 1. The zero-order valence-corrected chi connectivity index (χ0v) is 16.7. The molecule has 3 aromatic rings. The lowest BCUT2D eigenvalue weighted by Gasteiger charge is -2.15.